The predicted molar refractivity (Wildman–Crippen MR) is 108 cm³/mol. The summed E-state index contributed by atoms with van der Waals surface area (Å²) < 4.78 is 16.3. The number of Topliss-reactive ketones (excluding diaryl/α,β-unsaturated/α-hetero) is 1. The molecule has 1 N–H and O–H groups in total. The van der Waals surface area contributed by atoms with Crippen molar-refractivity contribution in [2.75, 3.05) is 6.61 Å². The number of ether oxygens (including phenoxy) is 1. The van der Waals surface area contributed by atoms with Crippen LogP contribution >= 0.6 is 11.6 Å². The van der Waals surface area contributed by atoms with Gasteiger partial charge in [0.15, 0.2) is 0 Å². The fraction of sp³-hybridized carbons (Fsp3) is 0.182. The Labute approximate surface area is 177 Å². The molecule has 30 heavy (non-hydrogen) atoms. The normalized spacial score (nSPS) is 18.2. The number of ketones is 1. The van der Waals surface area contributed by atoms with E-state index in [0.717, 1.165) is 0 Å². The molecule has 1 unspecified atom stereocenters. The number of carbonyl (C=O) groups is 2. The summed E-state index contributed by atoms with van der Waals surface area (Å²) in [5.74, 6) is -0.696. The van der Waals surface area contributed by atoms with Gasteiger partial charge in [0.25, 0.3) is 11.7 Å². The molecule has 1 amide bonds. The van der Waals surface area contributed by atoms with E-state index < -0.39 is 17.7 Å². The molecular weight excluding hydrogens is 410 g/mol. The van der Waals surface area contributed by atoms with E-state index in [-0.39, 0.29) is 17.9 Å². The highest BCUT2D eigenvalue weighted by Crippen LogP contribution is 2.41. The maximum atomic E-state index is 12.9. The minimum absolute atomic E-state index is 0.0462. The Bertz CT molecular complexity index is 1100. The summed E-state index contributed by atoms with van der Waals surface area (Å²) in [6.45, 7) is 2.23. The van der Waals surface area contributed by atoms with Gasteiger partial charge < -0.3 is 23.6 Å². The fourth-order valence-electron chi connectivity index (χ4n) is 3.43. The highest BCUT2D eigenvalue weighted by molar-refractivity contribution is 6.46. The summed E-state index contributed by atoms with van der Waals surface area (Å²) in [5, 5.41) is 11.4. The molecule has 0 radical (unpaired) electrons. The first-order valence-electron chi connectivity index (χ1n) is 9.28. The molecule has 4 rings (SSSR count). The van der Waals surface area contributed by atoms with E-state index >= 15 is 0 Å². The summed E-state index contributed by atoms with van der Waals surface area (Å²) in [6.07, 6.45) is 2.93. The molecule has 0 bridgehead atoms. The molecule has 8 heteroatoms. The highest BCUT2D eigenvalue weighted by Gasteiger charge is 2.47. The number of carbonyl (C=O) groups excluding carboxylic acids is 2. The Morgan fingerprint density at radius 1 is 1.17 bits per heavy atom. The number of aliphatic hydroxyl groups is 1. The monoisotopic (exact) mass is 427 g/mol. The average molecular weight is 428 g/mol. The molecule has 1 saturated heterocycles. The van der Waals surface area contributed by atoms with Crippen molar-refractivity contribution in [2.45, 2.75) is 19.5 Å². The second-order valence-corrected chi connectivity index (χ2v) is 7.01. The number of furan rings is 2. The van der Waals surface area contributed by atoms with Gasteiger partial charge in [-0.25, -0.2) is 0 Å². The van der Waals surface area contributed by atoms with Gasteiger partial charge in [-0.3, -0.25) is 9.59 Å². The molecule has 1 aliphatic rings. The van der Waals surface area contributed by atoms with Crippen LogP contribution in [0.15, 0.2) is 69.4 Å². The van der Waals surface area contributed by atoms with E-state index in [2.05, 4.69) is 0 Å². The maximum absolute atomic E-state index is 12.9. The van der Waals surface area contributed by atoms with Gasteiger partial charge in [-0.1, -0.05) is 11.6 Å². The quantitative estimate of drug-likeness (QED) is 0.352. The van der Waals surface area contributed by atoms with E-state index in [4.69, 9.17) is 25.2 Å². The zero-order valence-electron chi connectivity index (χ0n) is 16.0. The Morgan fingerprint density at radius 3 is 2.60 bits per heavy atom. The van der Waals surface area contributed by atoms with E-state index in [1.807, 2.05) is 0 Å². The van der Waals surface area contributed by atoms with Gasteiger partial charge in [0, 0.05) is 5.56 Å². The summed E-state index contributed by atoms with van der Waals surface area (Å²) in [4.78, 5) is 27.0. The Kier molecular flexibility index (Phi) is 5.37. The van der Waals surface area contributed by atoms with Gasteiger partial charge >= 0.3 is 0 Å². The SMILES string of the molecule is CCOc1cc(/C(O)=C2/C(=O)C(=O)N(Cc3ccco3)C2c2ccco2)ccc1Cl. The molecule has 154 valence electrons. The predicted octanol–water partition coefficient (Wildman–Crippen LogP) is 4.55. The summed E-state index contributed by atoms with van der Waals surface area (Å²) >= 11 is 6.13. The second kappa shape index (κ2) is 8.12. The largest absolute Gasteiger partial charge is 0.507 e. The van der Waals surface area contributed by atoms with Gasteiger partial charge in [0.2, 0.25) is 0 Å². The lowest BCUT2D eigenvalue weighted by atomic mass is 9.99. The van der Waals surface area contributed by atoms with Gasteiger partial charge in [-0.2, -0.15) is 0 Å². The number of amides is 1. The molecule has 3 heterocycles. The first-order chi connectivity index (χ1) is 14.5. The minimum Gasteiger partial charge on any atom is -0.507 e. The van der Waals surface area contributed by atoms with Gasteiger partial charge in [-0.15, -0.1) is 0 Å². The number of hydrogen-bond donors (Lipinski definition) is 1. The first-order valence-corrected chi connectivity index (χ1v) is 9.66. The maximum Gasteiger partial charge on any atom is 0.296 e. The van der Waals surface area contributed by atoms with Gasteiger partial charge in [0.05, 0.1) is 36.3 Å². The summed E-state index contributed by atoms with van der Waals surface area (Å²) in [7, 11) is 0. The van der Waals surface area contributed by atoms with Gasteiger partial charge in [0.1, 0.15) is 29.1 Å². The van der Waals surface area contributed by atoms with Crippen LogP contribution in [-0.4, -0.2) is 28.3 Å². The number of hydrogen-bond acceptors (Lipinski definition) is 6. The summed E-state index contributed by atoms with van der Waals surface area (Å²) in [5.41, 5.74) is 0.224. The van der Waals surface area contributed by atoms with Crippen LogP contribution in [0.25, 0.3) is 5.76 Å². The zero-order chi connectivity index (χ0) is 21.3. The lowest BCUT2D eigenvalue weighted by Crippen LogP contribution is -2.28. The number of rotatable bonds is 6. The lowest BCUT2D eigenvalue weighted by molar-refractivity contribution is -0.140. The molecule has 0 saturated carbocycles. The van der Waals surface area contributed by atoms with Crippen LogP contribution in [0.2, 0.25) is 5.02 Å². The molecule has 1 aromatic carbocycles. The third-order valence-electron chi connectivity index (χ3n) is 4.76. The Morgan fingerprint density at radius 2 is 1.93 bits per heavy atom. The minimum atomic E-state index is -0.906. The van der Waals surface area contributed by atoms with Crippen molar-refractivity contribution in [3.05, 3.63) is 82.7 Å². The molecule has 1 atom stereocenters. The average Bonchev–Trinajstić information content (AvgIpc) is 3.48. The molecule has 2 aromatic heterocycles. The van der Waals surface area contributed by atoms with E-state index in [1.54, 1.807) is 43.3 Å². The highest BCUT2D eigenvalue weighted by atomic mass is 35.5. The molecule has 7 nitrogen and oxygen atoms in total. The van der Waals surface area contributed by atoms with Crippen molar-refractivity contribution >= 4 is 29.1 Å². The van der Waals surface area contributed by atoms with Crippen LogP contribution in [0, 0.1) is 0 Å². The van der Waals surface area contributed by atoms with Crippen molar-refractivity contribution in [2.24, 2.45) is 0 Å². The number of aliphatic hydroxyl groups excluding tert-OH is 1. The Balaban J connectivity index is 1.83. The first kappa shape index (κ1) is 19.8. The molecule has 0 spiro atoms. The van der Waals surface area contributed by atoms with Crippen LogP contribution in [-0.2, 0) is 16.1 Å². The van der Waals surface area contributed by atoms with Crippen LogP contribution < -0.4 is 4.74 Å². The van der Waals surface area contributed by atoms with E-state index in [9.17, 15) is 14.7 Å². The number of likely N-dealkylation sites (tertiary alicyclic amines) is 1. The molecule has 3 aromatic rings. The van der Waals surface area contributed by atoms with Crippen molar-refractivity contribution in [1.82, 2.24) is 4.90 Å². The van der Waals surface area contributed by atoms with Crippen molar-refractivity contribution in [3.63, 3.8) is 0 Å². The van der Waals surface area contributed by atoms with E-state index in [1.165, 1.54) is 23.5 Å². The number of halogens is 1. The smallest absolute Gasteiger partial charge is 0.296 e. The van der Waals surface area contributed by atoms with Crippen LogP contribution in [0.1, 0.15) is 30.0 Å². The Hall–Kier alpha value is -3.45. The second-order valence-electron chi connectivity index (χ2n) is 6.60. The molecule has 0 aliphatic carbocycles. The number of benzene rings is 1. The topological polar surface area (TPSA) is 93.1 Å². The van der Waals surface area contributed by atoms with Crippen LogP contribution in [0.4, 0.5) is 0 Å². The number of nitrogens with zero attached hydrogens (tertiary/aromatic N) is 1. The lowest BCUT2D eigenvalue weighted by Gasteiger charge is -2.22. The third-order valence-corrected chi connectivity index (χ3v) is 5.08. The van der Waals surface area contributed by atoms with Gasteiger partial charge in [-0.05, 0) is 49.4 Å². The summed E-state index contributed by atoms with van der Waals surface area (Å²) in [6, 6.07) is 10.4. The third kappa shape index (κ3) is 3.48. The fourth-order valence-corrected chi connectivity index (χ4v) is 3.60. The molecular formula is C22H18ClNO6. The standard InChI is InChI=1S/C22H18ClNO6/c1-2-28-17-11-13(7-8-15(17)23)20(25)18-19(16-6-4-10-30-16)24(22(27)21(18)26)12-14-5-3-9-29-14/h3-11,19,25H,2,12H2,1H3/b20-18-. The molecule has 1 fully saturated rings. The van der Waals surface area contributed by atoms with Crippen LogP contribution in [0.3, 0.4) is 0 Å². The van der Waals surface area contributed by atoms with Crippen LogP contribution in [0.5, 0.6) is 5.75 Å². The molecule has 1 aliphatic heterocycles. The zero-order valence-corrected chi connectivity index (χ0v) is 16.8. The van der Waals surface area contributed by atoms with Crippen molar-refractivity contribution in [1.29, 1.82) is 0 Å². The van der Waals surface area contributed by atoms with E-state index in [0.29, 0.717) is 34.5 Å². The van der Waals surface area contributed by atoms with Crippen molar-refractivity contribution in [3.8, 4) is 5.75 Å². The van der Waals surface area contributed by atoms with Crippen molar-refractivity contribution < 1.29 is 28.3 Å².